The number of pyridine rings is 1. The Morgan fingerprint density at radius 2 is 2.14 bits per heavy atom. The number of halogens is 1. The Bertz CT molecular complexity index is 546. The second kappa shape index (κ2) is 5.93. The summed E-state index contributed by atoms with van der Waals surface area (Å²) in [6.07, 6.45) is 2.46. The molecule has 1 atom stereocenters. The van der Waals surface area contributed by atoms with Crippen molar-refractivity contribution in [3.05, 3.63) is 28.5 Å². The van der Waals surface area contributed by atoms with Gasteiger partial charge < -0.3 is 4.90 Å². The molecule has 1 aromatic rings. The topological polar surface area (TPSA) is 36.4 Å². The zero-order valence-electron chi connectivity index (χ0n) is 12.7. The molecule has 0 saturated carbocycles. The number of hydrogen-bond donors (Lipinski definition) is 0. The first-order valence-corrected chi connectivity index (χ1v) is 8.13. The monoisotopic (exact) mass is 307 g/mol. The molecule has 1 unspecified atom stereocenters. The highest BCUT2D eigenvalue weighted by molar-refractivity contribution is 6.29. The van der Waals surface area contributed by atoms with Crippen molar-refractivity contribution in [2.24, 2.45) is 0 Å². The summed E-state index contributed by atoms with van der Waals surface area (Å²) in [5.74, 6) is 0.356. The molecule has 0 aliphatic carbocycles. The van der Waals surface area contributed by atoms with E-state index in [-0.39, 0.29) is 11.8 Å². The van der Waals surface area contributed by atoms with Gasteiger partial charge in [0.05, 0.1) is 0 Å². The smallest absolute Gasteiger partial charge is 0.254 e. The third-order valence-electron chi connectivity index (χ3n) is 4.53. The minimum atomic E-state index is 0.0905. The van der Waals surface area contributed by atoms with Crippen LogP contribution in [0.25, 0.3) is 0 Å². The molecule has 114 valence electrons. The van der Waals surface area contributed by atoms with Gasteiger partial charge in [0.15, 0.2) is 0 Å². The lowest BCUT2D eigenvalue weighted by Crippen LogP contribution is -2.52. The molecule has 3 heterocycles. The van der Waals surface area contributed by atoms with Crippen molar-refractivity contribution in [3.8, 4) is 0 Å². The Hall–Kier alpha value is -1.13. The number of hydrogen-bond acceptors (Lipinski definition) is 3. The number of carbonyl (C=O) groups excluding carboxylic acids is 1. The summed E-state index contributed by atoms with van der Waals surface area (Å²) in [6.45, 7) is 7.95. The SMILES string of the molecule is CC(C)c1cc(C(=O)N2CCN3CCCC3C2)cc(Cl)n1. The second-order valence-corrected chi connectivity index (χ2v) is 6.73. The lowest BCUT2D eigenvalue weighted by molar-refractivity contribution is 0.0571. The van der Waals surface area contributed by atoms with Gasteiger partial charge >= 0.3 is 0 Å². The molecular formula is C16H22ClN3O. The number of rotatable bonds is 2. The van der Waals surface area contributed by atoms with Crippen LogP contribution < -0.4 is 0 Å². The predicted octanol–water partition coefficient (Wildman–Crippen LogP) is 2.78. The third kappa shape index (κ3) is 3.06. The molecule has 0 radical (unpaired) electrons. The van der Waals surface area contributed by atoms with E-state index in [4.69, 9.17) is 11.6 Å². The standard InChI is InChI=1S/C16H22ClN3O/c1-11(2)14-8-12(9-15(17)18-14)16(21)20-7-6-19-5-3-4-13(19)10-20/h8-9,11,13H,3-7,10H2,1-2H3. The maximum atomic E-state index is 12.7. The first-order valence-electron chi connectivity index (χ1n) is 7.75. The Kier molecular flexibility index (Phi) is 4.18. The van der Waals surface area contributed by atoms with E-state index in [0.29, 0.717) is 16.8 Å². The molecule has 4 nitrogen and oxygen atoms in total. The van der Waals surface area contributed by atoms with Crippen LogP contribution in [0, 0.1) is 0 Å². The van der Waals surface area contributed by atoms with Crippen LogP contribution in [0.4, 0.5) is 0 Å². The minimum absolute atomic E-state index is 0.0905. The Morgan fingerprint density at radius 1 is 1.33 bits per heavy atom. The molecule has 0 spiro atoms. The van der Waals surface area contributed by atoms with E-state index in [1.54, 1.807) is 6.07 Å². The normalized spacial score (nSPS) is 22.7. The maximum Gasteiger partial charge on any atom is 0.254 e. The van der Waals surface area contributed by atoms with Crippen LogP contribution in [0.3, 0.4) is 0 Å². The summed E-state index contributed by atoms with van der Waals surface area (Å²) < 4.78 is 0. The van der Waals surface area contributed by atoms with Gasteiger partial charge in [-0.3, -0.25) is 9.69 Å². The Balaban J connectivity index is 1.78. The fourth-order valence-electron chi connectivity index (χ4n) is 3.29. The average Bonchev–Trinajstić information content (AvgIpc) is 2.93. The highest BCUT2D eigenvalue weighted by Crippen LogP contribution is 2.24. The molecule has 1 amide bonds. The lowest BCUT2D eigenvalue weighted by atomic mass is 10.1. The predicted molar refractivity (Wildman–Crippen MR) is 83.8 cm³/mol. The summed E-state index contributed by atoms with van der Waals surface area (Å²) in [4.78, 5) is 21.5. The molecule has 0 bridgehead atoms. The molecule has 2 saturated heterocycles. The van der Waals surface area contributed by atoms with Crippen LogP contribution >= 0.6 is 11.6 Å². The first kappa shape index (κ1) is 14.8. The molecule has 21 heavy (non-hydrogen) atoms. The van der Waals surface area contributed by atoms with E-state index in [1.165, 1.54) is 19.4 Å². The van der Waals surface area contributed by atoms with Gasteiger partial charge in [-0.05, 0) is 37.4 Å². The van der Waals surface area contributed by atoms with Crippen molar-refractivity contribution in [1.82, 2.24) is 14.8 Å². The number of piperazine rings is 1. The van der Waals surface area contributed by atoms with E-state index in [1.807, 2.05) is 11.0 Å². The highest BCUT2D eigenvalue weighted by atomic mass is 35.5. The molecule has 0 N–H and O–H groups in total. The van der Waals surface area contributed by atoms with Crippen LogP contribution in [0.5, 0.6) is 0 Å². The minimum Gasteiger partial charge on any atom is -0.336 e. The van der Waals surface area contributed by atoms with Crippen molar-refractivity contribution in [2.45, 2.75) is 38.6 Å². The van der Waals surface area contributed by atoms with Crippen LogP contribution in [0.2, 0.25) is 5.15 Å². The highest BCUT2D eigenvalue weighted by Gasteiger charge is 2.32. The van der Waals surface area contributed by atoms with E-state index >= 15 is 0 Å². The van der Waals surface area contributed by atoms with Crippen molar-refractivity contribution >= 4 is 17.5 Å². The largest absolute Gasteiger partial charge is 0.336 e. The number of carbonyl (C=O) groups is 1. The lowest BCUT2D eigenvalue weighted by Gasteiger charge is -2.37. The van der Waals surface area contributed by atoms with Gasteiger partial charge in [-0.15, -0.1) is 0 Å². The Labute approximate surface area is 131 Å². The molecule has 0 aromatic carbocycles. The van der Waals surface area contributed by atoms with Crippen LogP contribution in [-0.4, -0.2) is 52.9 Å². The molecule has 2 fully saturated rings. The molecule has 3 rings (SSSR count). The fourth-order valence-corrected chi connectivity index (χ4v) is 3.51. The van der Waals surface area contributed by atoms with Crippen molar-refractivity contribution in [3.63, 3.8) is 0 Å². The van der Waals surface area contributed by atoms with Gasteiger partial charge in [-0.2, -0.15) is 0 Å². The summed E-state index contributed by atoms with van der Waals surface area (Å²) in [6, 6.07) is 4.13. The van der Waals surface area contributed by atoms with E-state index in [0.717, 1.165) is 25.3 Å². The van der Waals surface area contributed by atoms with Crippen molar-refractivity contribution in [1.29, 1.82) is 0 Å². The molecule has 5 heteroatoms. The molecular weight excluding hydrogens is 286 g/mol. The van der Waals surface area contributed by atoms with Gasteiger partial charge in [0, 0.05) is 36.9 Å². The van der Waals surface area contributed by atoms with Crippen LogP contribution in [0.15, 0.2) is 12.1 Å². The maximum absolute atomic E-state index is 12.7. The Morgan fingerprint density at radius 3 is 2.90 bits per heavy atom. The van der Waals surface area contributed by atoms with Gasteiger partial charge in [-0.1, -0.05) is 25.4 Å². The summed E-state index contributed by atoms with van der Waals surface area (Å²) in [5.41, 5.74) is 1.55. The van der Waals surface area contributed by atoms with Gasteiger partial charge in [0.25, 0.3) is 5.91 Å². The summed E-state index contributed by atoms with van der Waals surface area (Å²) in [7, 11) is 0. The molecule has 1 aromatic heterocycles. The third-order valence-corrected chi connectivity index (χ3v) is 4.72. The van der Waals surface area contributed by atoms with Crippen molar-refractivity contribution < 1.29 is 4.79 Å². The van der Waals surface area contributed by atoms with E-state index in [2.05, 4.69) is 23.7 Å². The summed E-state index contributed by atoms with van der Waals surface area (Å²) >= 11 is 6.08. The second-order valence-electron chi connectivity index (χ2n) is 6.34. The first-order chi connectivity index (χ1) is 10.0. The fraction of sp³-hybridized carbons (Fsp3) is 0.625. The van der Waals surface area contributed by atoms with Gasteiger partial charge in [0.2, 0.25) is 0 Å². The summed E-state index contributed by atoms with van der Waals surface area (Å²) in [5, 5.41) is 0.407. The number of fused-ring (bicyclic) bond motifs is 1. The molecule has 2 aliphatic heterocycles. The van der Waals surface area contributed by atoms with E-state index < -0.39 is 0 Å². The zero-order valence-corrected chi connectivity index (χ0v) is 13.4. The quantitative estimate of drug-likeness (QED) is 0.788. The average molecular weight is 308 g/mol. The van der Waals surface area contributed by atoms with E-state index in [9.17, 15) is 4.79 Å². The van der Waals surface area contributed by atoms with Gasteiger partial charge in [0.1, 0.15) is 5.15 Å². The van der Waals surface area contributed by atoms with Gasteiger partial charge in [-0.25, -0.2) is 4.98 Å². The van der Waals surface area contributed by atoms with Crippen molar-refractivity contribution in [2.75, 3.05) is 26.2 Å². The van der Waals surface area contributed by atoms with Crippen LogP contribution in [-0.2, 0) is 0 Å². The number of aromatic nitrogens is 1. The molecule has 2 aliphatic rings. The van der Waals surface area contributed by atoms with Crippen LogP contribution in [0.1, 0.15) is 48.7 Å². The number of amides is 1. The number of nitrogens with zero attached hydrogens (tertiary/aromatic N) is 3. The zero-order chi connectivity index (χ0) is 15.0.